The summed E-state index contributed by atoms with van der Waals surface area (Å²) in [7, 11) is 0. The van der Waals surface area contributed by atoms with Gasteiger partial charge in [0.2, 0.25) is 0 Å². The molecule has 4 heteroatoms. The molecule has 17 heavy (non-hydrogen) atoms. The lowest BCUT2D eigenvalue weighted by Crippen LogP contribution is -2.38. The van der Waals surface area contributed by atoms with Crippen LogP contribution in [0.5, 0.6) is 5.75 Å². The van der Waals surface area contributed by atoms with Crippen LogP contribution in [0.25, 0.3) is 0 Å². The van der Waals surface area contributed by atoms with Crippen LogP contribution in [0.1, 0.15) is 13.8 Å². The fraction of sp³-hybridized carbons (Fsp3) is 0.462. The molecule has 0 aliphatic carbocycles. The van der Waals surface area contributed by atoms with Gasteiger partial charge in [0.25, 0.3) is 0 Å². The Morgan fingerprint density at radius 3 is 3.06 bits per heavy atom. The SMILES string of the molecule is CC(C)CN=C(N)C1CSc2ccccc2O1. The third-order valence-electron chi connectivity index (χ3n) is 2.48. The third kappa shape index (κ3) is 3.16. The number of nitrogens with zero attached hydrogens (tertiary/aromatic N) is 1. The Balaban J connectivity index is 2.04. The molecule has 0 saturated heterocycles. The van der Waals surface area contributed by atoms with Crippen molar-refractivity contribution in [1.82, 2.24) is 0 Å². The number of aliphatic imine (C=N–C) groups is 1. The van der Waals surface area contributed by atoms with E-state index in [2.05, 4.69) is 24.9 Å². The average molecular weight is 250 g/mol. The summed E-state index contributed by atoms with van der Waals surface area (Å²) < 4.78 is 5.85. The minimum absolute atomic E-state index is 0.0892. The van der Waals surface area contributed by atoms with Crippen molar-refractivity contribution in [2.24, 2.45) is 16.6 Å². The monoisotopic (exact) mass is 250 g/mol. The molecule has 0 fully saturated rings. The first-order chi connectivity index (χ1) is 8.16. The molecule has 1 aromatic carbocycles. The van der Waals surface area contributed by atoms with Gasteiger partial charge in [0.1, 0.15) is 11.6 Å². The first kappa shape index (κ1) is 12.3. The molecule has 0 spiro atoms. The zero-order valence-corrected chi connectivity index (χ0v) is 11.0. The Morgan fingerprint density at radius 1 is 1.53 bits per heavy atom. The van der Waals surface area contributed by atoms with E-state index < -0.39 is 0 Å². The van der Waals surface area contributed by atoms with Crippen molar-refractivity contribution in [2.75, 3.05) is 12.3 Å². The number of para-hydroxylation sites is 1. The Labute approximate surface area is 106 Å². The maximum Gasteiger partial charge on any atom is 0.164 e. The van der Waals surface area contributed by atoms with Crippen LogP contribution in [0.2, 0.25) is 0 Å². The van der Waals surface area contributed by atoms with Crippen LogP contribution in [0.15, 0.2) is 34.2 Å². The van der Waals surface area contributed by atoms with Crippen LogP contribution in [0.3, 0.4) is 0 Å². The quantitative estimate of drug-likeness (QED) is 0.662. The summed E-state index contributed by atoms with van der Waals surface area (Å²) in [4.78, 5) is 5.56. The molecule has 1 aromatic rings. The fourth-order valence-electron chi connectivity index (χ4n) is 1.56. The highest BCUT2D eigenvalue weighted by atomic mass is 32.2. The van der Waals surface area contributed by atoms with Gasteiger partial charge in [-0.15, -0.1) is 11.8 Å². The van der Waals surface area contributed by atoms with Gasteiger partial charge in [0, 0.05) is 17.2 Å². The van der Waals surface area contributed by atoms with Crippen molar-refractivity contribution in [3.8, 4) is 5.75 Å². The molecule has 92 valence electrons. The largest absolute Gasteiger partial charge is 0.480 e. The summed E-state index contributed by atoms with van der Waals surface area (Å²) in [6.45, 7) is 5.02. The molecule has 1 heterocycles. The molecule has 2 N–H and O–H groups in total. The van der Waals surface area contributed by atoms with E-state index in [1.54, 1.807) is 11.8 Å². The molecule has 0 radical (unpaired) electrons. The van der Waals surface area contributed by atoms with Crippen molar-refractivity contribution < 1.29 is 4.74 Å². The summed E-state index contributed by atoms with van der Waals surface area (Å²) in [6, 6.07) is 8.04. The Bertz CT molecular complexity index is 418. The average Bonchev–Trinajstić information content (AvgIpc) is 2.35. The van der Waals surface area contributed by atoms with Crippen molar-refractivity contribution in [2.45, 2.75) is 24.8 Å². The van der Waals surface area contributed by atoms with E-state index in [0.717, 1.165) is 18.0 Å². The van der Waals surface area contributed by atoms with E-state index in [4.69, 9.17) is 10.5 Å². The van der Waals surface area contributed by atoms with Gasteiger partial charge in [0.05, 0.1) is 0 Å². The van der Waals surface area contributed by atoms with Gasteiger partial charge in [-0.25, -0.2) is 0 Å². The van der Waals surface area contributed by atoms with Gasteiger partial charge in [-0.05, 0) is 18.1 Å². The molecule has 0 bridgehead atoms. The van der Waals surface area contributed by atoms with Crippen molar-refractivity contribution in [1.29, 1.82) is 0 Å². The van der Waals surface area contributed by atoms with Crippen LogP contribution >= 0.6 is 11.8 Å². The molecule has 0 amide bonds. The van der Waals surface area contributed by atoms with Gasteiger partial charge in [-0.3, -0.25) is 4.99 Å². The first-order valence-electron chi connectivity index (χ1n) is 5.85. The number of benzene rings is 1. The zero-order chi connectivity index (χ0) is 12.3. The lowest BCUT2D eigenvalue weighted by Gasteiger charge is -2.25. The summed E-state index contributed by atoms with van der Waals surface area (Å²) in [5.74, 6) is 2.89. The third-order valence-corrected chi connectivity index (χ3v) is 3.60. The second-order valence-corrected chi connectivity index (χ2v) is 5.59. The molecule has 1 aliphatic rings. The summed E-state index contributed by atoms with van der Waals surface area (Å²) in [6.07, 6.45) is -0.0892. The lowest BCUT2D eigenvalue weighted by atomic mass is 10.2. The number of fused-ring (bicyclic) bond motifs is 1. The molecule has 0 aromatic heterocycles. The topological polar surface area (TPSA) is 47.6 Å². The zero-order valence-electron chi connectivity index (χ0n) is 10.2. The number of thioether (sulfide) groups is 1. The number of nitrogens with two attached hydrogens (primary N) is 1. The molecule has 0 saturated carbocycles. The molecule has 1 atom stereocenters. The number of amidine groups is 1. The highest BCUT2D eigenvalue weighted by Gasteiger charge is 2.22. The van der Waals surface area contributed by atoms with Crippen LogP contribution < -0.4 is 10.5 Å². The molecule has 1 aliphatic heterocycles. The van der Waals surface area contributed by atoms with E-state index in [-0.39, 0.29) is 6.10 Å². The number of hydrogen-bond donors (Lipinski definition) is 1. The van der Waals surface area contributed by atoms with Crippen LogP contribution in [0.4, 0.5) is 0 Å². The fourth-order valence-corrected chi connectivity index (χ4v) is 2.56. The van der Waals surface area contributed by atoms with Gasteiger partial charge < -0.3 is 10.5 Å². The first-order valence-corrected chi connectivity index (χ1v) is 6.83. The van der Waals surface area contributed by atoms with E-state index in [0.29, 0.717) is 11.8 Å². The van der Waals surface area contributed by atoms with Crippen LogP contribution in [-0.4, -0.2) is 24.2 Å². The van der Waals surface area contributed by atoms with Crippen LogP contribution in [-0.2, 0) is 0 Å². The highest BCUT2D eigenvalue weighted by molar-refractivity contribution is 7.99. The Morgan fingerprint density at radius 2 is 2.29 bits per heavy atom. The van der Waals surface area contributed by atoms with Crippen molar-refractivity contribution in [3.63, 3.8) is 0 Å². The Hall–Kier alpha value is -1.16. The van der Waals surface area contributed by atoms with E-state index in [9.17, 15) is 0 Å². The second kappa shape index (κ2) is 5.45. The van der Waals surface area contributed by atoms with Gasteiger partial charge in [0.15, 0.2) is 6.10 Å². The summed E-state index contributed by atoms with van der Waals surface area (Å²) >= 11 is 1.77. The summed E-state index contributed by atoms with van der Waals surface area (Å²) in [5.41, 5.74) is 5.97. The van der Waals surface area contributed by atoms with Gasteiger partial charge >= 0.3 is 0 Å². The van der Waals surface area contributed by atoms with E-state index in [1.165, 1.54) is 4.90 Å². The highest BCUT2D eigenvalue weighted by Crippen LogP contribution is 2.34. The maximum absolute atomic E-state index is 5.97. The minimum atomic E-state index is -0.0892. The normalized spacial score (nSPS) is 19.9. The predicted molar refractivity (Wildman–Crippen MR) is 72.9 cm³/mol. The van der Waals surface area contributed by atoms with Crippen molar-refractivity contribution in [3.05, 3.63) is 24.3 Å². The van der Waals surface area contributed by atoms with Gasteiger partial charge in [-0.1, -0.05) is 26.0 Å². The predicted octanol–water partition coefficient (Wildman–Crippen LogP) is 2.55. The Kier molecular flexibility index (Phi) is 3.94. The molecule has 1 unspecified atom stereocenters. The number of ether oxygens (including phenoxy) is 1. The second-order valence-electron chi connectivity index (χ2n) is 4.52. The van der Waals surface area contributed by atoms with Gasteiger partial charge in [-0.2, -0.15) is 0 Å². The molecular formula is C13H18N2OS. The maximum atomic E-state index is 5.97. The lowest BCUT2D eigenvalue weighted by molar-refractivity contribution is 0.276. The minimum Gasteiger partial charge on any atom is -0.480 e. The van der Waals surface area contributed by atoms with E-state index >= 15 is 0 Å². The number of hydrogen-bond acceptors (Lipinski definition) is 3. The van der Waals surface area contributed by atoms with Crippen LogP contribution in [0, 0.1) is 5.92 Å². The molecular weight excluding hydrogens is 232 g/mol. The standard InChI is InChI=1S/C13H18N2OS/c1-9(2)7-15-13(14)11-8-17-12-6-4-3-5-10(12)16-11/h3-6,9,11H,7-8H2,1-2H3,(H2,14,15). The van der Waals surface area contributed by atoms with E-state index in [1.807, 2.05) is 18.2 Å². The molecule has 3 nitrogen and oxygen atoms in total. The molecule has 2 rings (SSSR count). The summed E-state index contributed by atoms with van der Waals surface area (Å²) in [5, 5.41) is 0. The smallest absolute Gasteiger partial charge is 0.164 e. The van der Waals surface area contributed by atoms with Crippen molar-refractivity contribution >= 4 is 17.6 Å². The number of rotatable bonds is 3.